The van der Waals surface area contributed by atoms with Crippen LogP contribution in [-0.4, -0.2) is 20.0 Å². The number of halogens is 4. The van der Waals surface area contributed by atoms with Crippen LogP contribution in [0.2, 0.25) is 0 Å². The zero-order chi connectivity index (χ0) is 10.2. The molecule has 0 aliphatic carbocycles. The third-order valence-corrected chi connectivity index (χ3v) is 5.19. The first kappa shape index (κ1) is 13.0. The Balaban J connectivity index is 4.96. The fourth-order valence-electron chi connectivity index (χ4n) is 0.178. The molecule has 0 saturated carbocycles. The molecule has 11 heteroatoms. The minimum absolute atomic E-state index is 0.949. The van der Waals surface area contributed by atoms with Gasteiger partial charge in [-0.3, -0.25) is 0 Å². The van der Waals surface area contributed by atoms with Gasteiger partial charge in [0.2, 0.25) is 0 Å². The van der Waals surface area contributed by atoms with Gasteiger partial charge in [0.1, 0.15) is 0 Å². The molecule has 12 heavy (non-hydrogen) atoms. The van der Waals surface area contributed by atoms with Crippen molar-refractivity contribution in [1.29, 1.82) is 0 Å². The Bertz CT molecular complexity index is 349. The maximum atomic E-state index is 10.7. The first-order valence-electron chi connectivity index (χ1n) is 2.00. The Hall–Kier alpha value is 1.02. The van der Waals surface area contributed by atoms with Crippen molar-refractivity contribution >= 4 is 64.7 Å². The summed E-state index contributed by atoms with van der Waals surface area (Å²) < 4.78 is 39.9. The minimum Gasteiger partial charge on any atom is -0.207 e. The average molecular weight is 297 g/mol. The molecule has 0 amide bonds. The topological polar surface area (TPSA) is 80.3 Å². The standard InChI is InChI=1S/CHCl4NO4S2/c2-1(3,4)11(7,8)6-12(5,9)10/h6H. The summed E-state index contributed by atoms with van der Waals surface area (Å²) in [4.78, 5) is 0. The quantitative estimate of drug-likeness (QED) is 0.601. The van der Waals surface area contributed by atoms with E-state index in [1.54, 1.807) is 0 Å². The molecular weight excluding hydrogens is 296 g/mol. The third-order valence-electron chi connectivity index (χ3n) is 0.514. The number of alkyl halides is 3. The molecule has 1 N–H and O–H groups in total. The molecule has 0 rings (SSSR count). The molecule has 0 aliphatic heterocycles. The van der Waals surface area contributed by atoms with Gasteiger partial charge in [0.05, 0.1) is 0 Å². The number of rotatable bonds is 2. The highest BCUT2D eigenvalue weighted by molar-refractivity contribution is 8.19. The normalized spacial score (nSPS) is 14.7. The van der Waals surface area contributed by atoms with Crippen LogP contribution in [0, 0.1) is 0 Å². The molecule has 0 heterocycles. The van der Waals surface area contributed by atoms with Crippen LogP contribution in [-0.2, 0) is 19.3 Å². The lowest BCUT2D eigenvalue weighted by atomic mass is 11.8. The van der Waals surface area contributed by atoms with Gasteiger partial charge in [0.15, 0.2) is 0 Å². The van der Waals surface area contributed by atoms with Crippen molar-refractivity contribution < 1.29 is 16.8 Å². The Labute approximate surface area is 88.5 Å². The van der Waals surface area contributed by atoms with E-state index in [0.717, 1.165) is 4.13 Å². The summed E-state index contributed by atoms with van der Waals surface area (Å²) in [6, 6.07) is 0. The van der Waals surface area contributed by atoms with E-state index in [1.165, 1.54) is 0 Å². The molecule has 0 aromatic heterocycles. The van der Waals surface area contributed by atoms with E-state index in [0.29, 0.717) is 0 Å². The van der Waals surface area contributed by atoms with Crippen molar-refractivity contribution in [1.82, 2.24) is 4.13 Å². The minimum atomic E-state index is -4.63. The van der Waals surface area contributed by atoms with Gasteiger partial charge in [0.25, 0.3) is 10.0 Å². The van der Waals surface area contributed by atoms with Gasteiger partial charge in [-0.1, -0.05) is 38.9 Å². The Kier molecular flexibility index (Phi) is 3.95. The predicted octanol–water partition coefficient (Wildman–Crippen LogP) is 0.717. The lowest BCUT2D eigenvalue weighted by molar-refractivity contribution is 0.584. The number of hydrogen-bond acceptors (Lipinski definition) is 4. The molecule has 0 spiro atoms. The summed E-state index contributed by atoms with van der Waals surface area (Å²) in [6.45, 7) is 0. The van der Waals surface area contributed by atoms with E-state index in [4.69, 9.17) is 34.8 Å². The summed E-state index contributed by atoms with van der Waals surface area (Å²) in [7, 11) is -4.58. The van der Waals surface area contributed by atoms with Crippen LogP contribution in [0.15, 0.2) is 0 Å². The highest BCUT2D eigenvalue weighted by Gasteiger charge is 2.40. The Morgan fingerprint density at radius 2 is 1.33 bits per heavy atom. The van der Waals surface area contributed by atoms with E-state index in [9.17, 15) is 16.8 Å². The lowest BCUT2D eigenvalue weighted by Crippen LogP contribution is -2.36. The molecule has 0 radical (unpaired) electrons. The highest BCUT2D eigenvalue weighted by atomic mass is 35.7. The van der Waals surface area contributed by atoms with Crippen LogP contribution in [0.3, 0.4) is 0 Å². The number of hydrogen-bond donors (Lipinski definition) is 1. The second-order valence-electron chi connectivity index (χ2n) is 1.47. The second kappa shape index (κ2) is 3.64. The van der Waals surface area contributed by atoms with Crippen molar-refractivity contribution in [3.63, 3.8) is 0 Å². The van der Waals surface area contributed by atoms with Crippen molar-refractivity contribution in [2.75, 3.05) is 0 Å². The van der Waals surface area contributed by atoms with E-state index in [2.05, 4.69) is 10.7 Å². The van der Waals surface area contributed by atoms with Gasteiger partial charge >= 0.3 is 12.4 Å². The molecule has 0 aliphatic rings. The fraction of sp³-hybridized carbons (Fsp3) is 1.00. The van der Waals surface area contributed by atoms with E-state index in [-0.39, 0.29) is 0 Å². The first-order chi connectivity index (χ1) is 4.96. The molecule has 0 bridgehead atoms. The predicted molar refractivity (Wildman–Crippen MR) is 47.1 cm³/mol. The fourth-order valence-corrected chi connectivity index (χ4v) is 3.20. The van der Waals surface area contributed by atoms with Crippen molar-refractivity contribution in [3.05, 3.63) is 0 Å². The molecular formula is CHCl4NO4S2. The van der Waals surface area contributed by atoms with Crippen molar-refractivity contribution in [3.8, 4) is 0 Å². The van der Waals surface area contributed by atoms with Crippen LogP contribution in [0.4, 0.5) is 0 Å². The van der Waals surface area contributed by atoms with Crippen LogP contribution in [0.1, 0.15) is 0 Å². The zero-order valence-corrected chi connectivity index (χ0v) is 9.62. The molecule has 0 fully saturated rings. The number of nitrogens with one attached hydrogen (secondary N) is 1. The van der Waals surface area contributed by atoms with Gasteiger partial charge in [-0.25, -0.2) is 8.42 Å². The molecule has 0 unspecified atom stereocenters. The van der Waals surface area contributed by atoms with Crippen LogP contribution < -0.4 is 4.13 Å². The van der Waals surface area contributed by atoms with Crippen LogP contribution >= 0.6 is 45.5 Å². The summed E-state index contributed by atoms with van der Waals surface area (Å²) in [5.74, 6) is 0. The van der Waals surface area contributed by atoms with Gasteiger partial charge in [0, 0.05) is 10.7 Å². The van der Waals surface area contributed by atoms with Gasteiger partial charge in [-0.15, -0.1) is 0 Å². The van der Waals surface area contributed by atoms with Crippen molar-refractivity contribution in [2.45, 2.75) is 3.12 Å². The molecule has 74 valence electrons. The maximum Gasteiger partial charge on any atom is 0.310 e. The second-order valence-corrected chi connectivity index (χ2v) is 8.80. The summed E-state index contributed by atoms with van der Waals surface area (Å²) >= 11 is 14.7. The lowest BCUT2D eigenvalue weighted by Gasteiger charge is -2.10. The zero-order valence-electron chi connectivity index (χ0n) is 4.96. The van der Waals surface area contributed by atoms with Crippen molar-refractivity contribution in [2.24, 2.45) is 0 Å². The van der Waals surface area contributed by atoms with E-state index < -0.39 is 22.4 Å². The van der Waals surface area contributed by atoms with Gasteiger partial charge in [-0.2, -0.15) is 8.42 Å². The third kappa shape index (κ3) is 4.31. The van der Waals surface area contributed by atoms with E-state index in [1.807, 2.05) is 0 Å². The SMILES string of the molecule is O=S(=O)(Cl)NS(=O)(=O)C(Cl)(Cl)Cl. The van der Waals surface area contributed by atoms with Crippen LogP contribution in [0.5, 0.6) is 0 Å². The summed E-state index contributed by atoms with van der Waals surface area (Å²) in [5, 5.41) is 0. The molecule has 0 aromatic rings. The molecule has 5 nitrogen and oxygen atoms in total. The largest absolute Gasteiger partial charge is 0.310 e. The van der Waals surface area contributed by atoms with E-state index >= 15 is 0 Å². The number of sulfonamides is 1. The van der Waals surface area contributed by atoms with Gasteiger partial charge < -0.3 is 0 Å². The Morgan fingerprint density at radius 1 is 1.00 bits per heavy atom. The molecule has 0 saturated heterocycles. The highest BCUT2D eigenvalue weighted by Crippen LogP contribution is 2.32. The first-order valence-corrected chi connectivity index (χ1v) is 6.93. The maximum absolute atomic E-state index is 10.7. The molecule has 0 aromatic carbocycles. The smallest absolute Gasteiger partial charge is 0.207 e. The Morgan fingerprint density at radius 3 is 1.42 bits per heavy atom. The van der Waals surface area contributed by atoms with Crippen LogP contribution in [0.25, 0.3) is 0 Å². The summed E-state index contributed by atoms with van der Waals surface area (Å²) in [6.07, 6.45) is 0. The average Bonchev–Trinajstić information content (AvgIpc) is 1.52. The molecule has 0 atom stereocenters. The monoisotopic (exact) mass is 295 g/mol. The summed E-state index contributed by atoms with van der Waals surface area (Å²) in [5.41, 5.74) is 0. The van der Waals surface area contributed by atoms with Gasteiger partial charge in [-0.05, 0) is 0 Å².